The normalized spacial score (nSPS) is 25.0. The van der Waals surface area contributed by atoms with Crippen molar-refractivity contribution in [1.82, 2.24) is 31.9 Å². The first-order valence-corrected chi connectivity index (χ1v) is 33.1. The summed E-state index contributed by atoms with van der Waals surface area (Å²) in [6.45, 7) is 10.8. The number of benzene rings is 3. The summed E-state index contributed by atoms with van der Waals surface area (Å²) in [4.78, 5) is 121. The number of urea groups is 1. The fourth-order valence-corrected chi connectivity index (χ4v) is 15.3. The quantitative estimate of drug-likeness (QED) is 0.0256. The van der Waals surface area contributed by atoms with Crippen LogP contribution in [0.4, 0.5) is 21.0 Å². The smallest absolute Gasteiger partial charge is 0.408 e. The number of rotatable bonds is 25. The number of nitrogens with one attached hydrogen (secondary N) is 8. The zero-order valence-electron chi connectivity index (χ0n) is 54.7. The van der Waals surface area contributed by atoms with Crippen molar-refractivity contribution >= 4 is 64.8 Å². The summed E-state index contributed by atoms with van der Waals surface area (Å²) in [5.74, 6) is 2.27. The van der Waals surface area contributed by atoms with Crippen LogP contribution in [-0.4, -0.2) is 120 Å². The lowest BCUT2D eigenvalue weighted by atomic mass is 9.49. The number of carbonyl (C=O) groups is 9. The first kappa shape index (κ1) is 70.8. The van der Waals surface area contributed by atoms with Gasteiger partial charge in [-0.3, -0.25) is 38.9 Å². The molecular formula is C70H96N10O13. The molecule has 0 spiro atoms. The molecule has 5 aliphatic rings. The van der Waals surface area contributed by atoms with Crippen LogP contribution in [0.1, 0.15) is 172 Å². The number of phenols is 1. The summed E-state index contributed by atoms with van der Waals surface area (Å²) in [7, 11) is 0. The van der Waals surface area contributed by atoms with E-state index < -0.39 is 88.7 Å². The summed E-state index contributed by atoms with van der Waals surface area (Å²) in [5, 5.41) is 42.4. The van der Waals surface area contributed by atoms with E-state index in [1.54, 1.807) is 50.2 Å². The van der Waals surface area contributed by atoms with Crippen LogP contribution in [0.5, 0.6) is 5.75 Å². The standard InChI is InChI=1S/C70H96N10O13/c1-42(2)58(79-59(84)52(71)30-36-73-57(83)41-92-49-15-10-8-7-9-11-16-49)62(87)77-53(17-12-35-74-65(72)90)60(85)75-46-24-18-43(19-25-46)40-93-66(91)78-54(39-81)61(86)76-47-26-20-44-22-28-55-67(3,50(44)37-47)31-13-33-69(55,5)63(88)80-64(89)70(6)34-14-32-68(4)51-38-48(82)27-21-45(51)23-29-56(68)70/h18-21,24-27,37-38,42,49,52-56,58,81-82H,7-10,12-15,17,22-23,28-36,39-41,71H2,1-6H3,(H,73,83)(H,75,85)(H,76,86)(H,77,87)(H,78,91)(H,79,84)(H3,72,74,90)(H,80,88,89)/t49?,52-,53-,54-,55+,56+,58-,67+,68+,69-,70-/m0/s1. The predicted octanol–water partition coefficient (Wildman–Crippen LogP) is 6.18. The fourth-order valence-electron chi connectivity index (χ4n) is 15.3. The number of phenolic OH excluding ortho intramolecular Hbond substituents is 1. The number of primary amides is 1. The molecule has 10 amide bonds. The number of nitrogens with two attached hydrogens (primary N) is 2. The van der Waals surface area contributed by atoms with E-state index in [0.717, 1.165) is 93.7 Å². The third-order valence-electron chi connectivity index (χ3n) is 20.5. The van der Waals surface area contributed by atoms with Gasteiger partial charge < -0.3 is 68.4 Å². The molecule has 1 unspecified atom stereocenters. The van der Waals surface area contributed by atoms with E-state index in [9.17, 15) is 53.4 Å². The molecule has 0 bridgehead atoms. The Morgan fingerprint density at radius 2 is 1.27 bits per heavy atom. The molecule has 0 heterocycles. The molecule has 8 rings (SSSR count). The molecule has 3 aromatic carbocycles. The van der Waals surface area contributed by atoms with Crippen molar-refractivity contribution in [1.29, 1.82) is 0 Å². The molecule has 0 radical (unpaired) electrons. The number of imide groups is 1. The van der Waals surface area contributed by atoms with Crippen LogP contribution in [0.15, 0.2) is 60.7 Å². The number of aliphatic hydroxyl groups is 1. The minimum atomic E-state index is -1.40. The summed E-state index contributed by atoms with van der Waals surface area (Å²) in [5.41, 5.74) is 14.6. The van der Waals surface area contributed by atoms with Gasteiger partial charge in [0, 0.05) is 30.9 Å². The second-order valence-corrected chi connectivity index (χ2v) is 27.4. The Labute approximate surface area is 545 Å². The van der Waals surface area contributed by atoms with Gasteiger partial charge in [0.25, 0.3) is 0 Å². The van der Waals surface area contributed by atoms with E-state index in [1.165, 1.54) is 5.56 Å². The minimum absolute atomic E-state index is 0.0151. The Morgan fingerprint density at radius 1 is 0.656 bits per heavy atom. The van der Waals surface area contributed by atoms with Crippen LogP contribution in [0.25, 0.3) is 0 Å². The van der Waals surface area contributed by atoms with Gasteiger partial charge in [0.15, 0.2) is 0 Å². The van der Waals surface area contributed by atoms with E-state index in [0.29, 0.717) is 36.2 Å². The van der Waals surface area contributed by atoms with Gasteiger partial charge in [-0.1, -0.05) is 91.0 Å². The Balaban J connectivity index is 0.813. The lowest BCUT2D eigenvalue weighted by Gasteiger charge is -2.56. The van der Waals surface area contributed by atoms with Crippen LogP contribution in [-0.2, 0) is 73.3 Å². The van der Waals surface area contributed by atoms with Crippen LogP contribution >= 0.6 is 0 Å². The highest BCUT2D eigenvalue weighted by Gasteiger charge is 2.58. The number of amides is 10. The van der Waals surface area contributed by atoms with Crippen molar-refractivity contribution in [2.24, 2.45) is 40.1 Å². The van der Waals surface area contributed by atoms with Gasteiger partial charge >= 0.3 is 12.1 Å². The number of fused-ring (bicyclic) bond motifs is 6. The highest BCUT2D eigenvalue weighted by molar-refractivity contribution is 6.01. The largest absolute Gasteiger partial charge is 0.508 e. The molecule has 0 aliphatic heterocycles. The summed E-state index contributed by atoms with van der Waals surface area (Å²) in [6.07, 6.45) is 11.2. The Bertz CT molecular complexity index is 3310. The number of anilines is 2. The predicted molar refractivity (Wildman–Crippen MR) is 350 cm³/mol. The van der Waals surface area contributed by atoms with E-state index in [1.807, 2.05) is 38.1 Å². The van der Waals surface area contributed by atoms with Crippen molar-refractivity contribution in [2.45, 2.75) is 205 Å². The molecule has 93 heavy (non-hydrogen) atoms. The number of alkyl carbamates (subject to hydrolysis) is 1. The SMILES string of the molecule is CC(C)[C@H](NC(=O)[C@@H](N)CCNC(=O)COC1C#CCCCCC1)C(=O)N[C@@H](CCCNC(N)=O)C(=O)Nc1ccc(COC(=O)N[C@@H](CO)C(=O)Nc2ccc3c(c2)[C@@]2(C)CCC[C@](C)(C(=O)NC(=O)[C@@]4(C)CCC[C@]5(C)c6cc(O)ccc6CC[C@@H]45)[C@@H]2CC3)cc1. The zero-order chi connectivity index (χ0) is 67.3. The Morgan fingerprint density at radius 3 is 1.90 bits per heavy atom. The van der Waals surface area contributed by atoms with Crippen molar-refractivity contribution in [3.05, 3.63) is 88.5 Å². The van der Waals surface area contributed by atoms with Gasteiger partial charge in [0.2, 0.25) is 41.4 Å². The maximum Gasteiger partial charge on any atom is 0.408 e. The number of carbonyl (C=O) groups excluding carboxylic acids is 9. The van der Waals surface area contributed by atoms with Gasteiger partial charge in [-0.2, -0.15) is 0 Å². The molecule has 3 aromatic rings. The number of hydrogen-bond donors (Lipinski definition) is 12. The molecule has 5 aliphatic carbocycles. The molecule has 0 saturated heterocycles. The molecule has 0 aromatic heterocycles. The van der Waals surface area contributed by atoms with Crippen molar-refractivity contribution in [3.8, 4) is 17.6 Å². The Kier molecular flexibility index (Phi) is 23.8. The third-order valence-corrected chi connectivity index (χ3v) is 20.5. The first-order chi connectivity index (χ1) is 44.3. The monoisotopic (exact) mass is 1280 g/mol. The first-order valence-electron chi connectivity index (χ1n) is 33.1. The van der Waals surface area contributed by atoms with Crippen molar-refractivity contribution in [2.75, 3.05) is 36.9 Å². The molecular weight excluding hydrogens is 1190 g/mol. The van der Waals surface area contributed by atoms with Crippen LogP contribution < -0.4 is 54.0 Å². The molecule has 14 N–H and O–H groups in total. The van der Waals surface area contributed by atoms with E-state index in [-0.39, 0.29) is 92.4 Å². The van der Waals surface area contributed by atoms with Crippen LogP contribution in [0.3, 0.4) is 0 Å². The summed E-state index contributed by atoms with van der Waals surface area (Å²) < 4.78 is 11.1. The van der Waals surface area contributed by atoms with Crippen LogP contribution in [0.2, 0.25) is 0 Å². The molecule has 11 atom stereocenters. The highest BCUT2D eigenvalue weighted by Crippen LogP contribution is 2.60. The van der Waals surface area contributed by atoms with Gasteiger partial charge in [-0.25, -0.2) is 9.59 Å². The van der Waals surface area contributed by atoms with Gasteiger partial charge in [0.1, 0.15) is 43.2 Å². The third kappa shape index (κ3) is 17.2. The summed E-state index contributed by atoms with van der Waals surface area (Å²) >= 11 is 0. The van der Waals surface area contributed by atoms with Gasteiger partial charge in [0.05, 0.1) is 23.5 Å². The molecule has 2 saturated carbocycles. The zero-order valence-corrected chi connectivity index (χ0v) is 54.7. The number of aliphatic hydroxyl groups excluding tert-OH is 1. The second-order valence-electron chi connectivity index (χ2n) is 27.4. The van der Waals surface area contributed by atoms with E-state index in [4.69, 9.17) is 20.9 Å². The average molecular weight is 1290 g/mol. The summed E-state index contributed by atoms with van der Waals surface area (Å²) in [6, 6.07) is 12.0. The van der Waals surface area contributed by atoms with Crippen molar-refractivity contribution < 1.29 is 62.8 Å². The van der Waals surface area contributed by atoms with Crippen molar-refractivity contribution in [3.63, 3.8) is 0 Å². The number of ether oxygens (including phenoxy) is 2. The maximum absolute atomic E-state index is 14.8. The second kappa shape index (κ2) is 31.2. The lowest BCUT2D eigenvalue weighted by Crippen LogP contribution is -2.60. The fraction of sp³-hybridized carbons (Fsp3) is 0.586. The lowest BCUT2D eigenvalue weighted by molar-refractivity contribution is -0.150. The Hall–Kier alpha value is -8.07. The van der Waals surface area contributed by atoms with Crippen LogP contribution in [0, 0.1) is 40.4 Å². The average Bonchev–Trinajstić information content (AvgIpc) is 0.728. The topological polar surface area (TPSA) is 361 Å². The maximum atomic E-state index is 14.8. The number of aryl methyl sites for hydroxylation is 2. The van der Waals surface area contributed by atoms with E-state index in [2.05, 4.69) is 68.2 Å². The number of aromatic hydroxyl groups is 1. The van der Waals surface area contributed by atoms with Gasteiger partial charge in [-0.05, 0) is 183 Å². The molecule has 2 fully saturated rings. The number of hydrogen-bond acceptors (Lipinski definition) is 14. The molecule has 504 valence electrons. The van der Waals surface area contributed by atoms with Gasteiger partial charge in [-0.15, -0.1) is 5.92 Å². The van der Waals surface area contributed by atoms with E-state index >= 15 is 0 Å². The molecule has 23 nitrogen and oxygen atoms in total. The minimum Gasteiger partial charge on any atom is -0.508 e. The molecule has 23 heteroatoms. The highest BCUT2D eigenvalue weighted by atomic mass is 16.5.